The first-order valence-electron chi connectivity index (χ1n) is 10.4. The van der Waals surface area contributed by atoms with E-state index in [1.807, 2.05) is 34.4 Å². The number of nitrogens with zero attached hydrogens (tertiary/aromatic N) is 2. The molecule has 4 heteroatoms. The van der Waals surface area contributed by atoms with Gasteiger partial charge in [0, 0.05) is 18.4 Å². The fourth-order valence-corrected chi connectivity index (χ4v) is 3.68. The molecule has 154 valence electrons. The number of phenolic OH excluding ortho intramolecular Hbond substituents is 1. The molecule has 1 heterocycles. The van der Waals surface area contributed by atoms with Crippen LogP contribution in [0.1, 0.15) is 56.5 Å². The van der Waals surface area contributed by atoms with Gasteiger partial charge in [-0.2, -0.15) is 0 Å². The van der Waals surface area contributed by atoms with Crippen molar-refractivity contribution >= 4 is 0 Å². The van der Waals surface area contributed by atoms with Crippen LogP contribution in [0.5, 0.6) is 5.75 Å². The number of aryl methyl sites for hydroxylation is 2. The predicted octanol–water partition coefficient (Wildman–Crippen LogP) is 4.90. The van der Waals surface area contributed by atoms with E-state index in [1.165, 1.54) is 11.1 Å². The summed E-state index contributed by atoms with van der Waals surface area (Å²) in [5.41, 5.74) is 4.92. The van der Waals surface area contributed by atoms with Crippen LogP contribution in [0.15, 0.2) is 59.5 Å². The molecule has 0 saturated heterocycles. The third kappa shape index (κ3) is 5.20. The highest BCUT2D eigenvalue weighted by Crippen LogP contribution is 2.22. The lowest BCUT2D eigenvalue weighted by Gasteiger charge is -2.19. The van der Waals surface area contributed by atoms with E-state index in [2.05, 4.69) is 45.0 Å². The van der Waals surface area contributed by atoms with Crippen molar-refractivity contribution in [3.63, 3.8) is 0 Å². The minimum atomic E-state index is 0.0621. The van der Waals surface area contributed by atoms with Gasteiger partial charge in [-0.05, 0) is 60.4 Å². The van der Waals surface area contributed by atoms with Crippen LogP contribution in [0.3, 0.4) is 0 Å². The number of aromatic hydroxyl groups is 1. The molecule has 2 aromatic carbocycles. The number of phenols is 1. The van der Waals surface area contributed by atoms with E-state index in [-0.39, 0.29) is 11.1 Å². The third-order valence-corrected chi connectivity index (χ3v) is 5.45. The predicted molar refractivity (Wildman–Crippen MR) is 119 cm³/mol. The molecule has 0 fully saturated rings. The average Bonchev–Trinajstić information content (AvgIpc) is 2.97. The van der Waals surface area contributed by atoms with Crippen LogP contribution in [0.25, 0.3) is 0 Å². The molecule has 0 atom stereocenters. The van der Waals surface area contributed by atoms with E-state index in [1.54, 1.807) is 12.1 Å². The zero-order valence-corrected chi connectivity index (χ0v) is 18.0. The molecule has 0 aliphatic carbocycles. The lowest BCUT2D eigenvalue weighted by Crippen LogP contribution is -2.25. The SMILES string of the molecule is CCn1c(CCCc2ccc(O)cc2)cn(Cc2ccc(C(C)(C)C)cc2)c1=O. The third-order valence-electron chi connectivity index (χ3n) is 5.45. The van der Waals surface area contributed by atoms with Crippen molar-refractivity contribution in [3.8, 4) is 5.75 Å². The minimum Gasteiger partial charge on any atom is -0.508 e. The van der Waals surface area contributed by atoms with Gasteiger partial charge >= 0.3 is 5.69 Å². The van der Waals surface area contributed by atoms with Crippen LogP contribution in [0, 0.1) is 0 Å². The Labute approximate surface area is 173 Å². The van der Waals surface area contributed by atoms with Crippen molar-refractivity contribution in [2.45, 2.75) is 65.5 Å². The highest BCUT2D eigenvalue weighted by atomic mass is 16.3. The van der Waals surface area contributed by atoms with Gasteiger partial charge in [0.05, 0.1) is 6.54 Å². The summed E-state index contributed by atoms with van der Waals surface area (Å²) in [4.78, 5) is 12.8. The Hall–Kier alpha value is -2.75. The molecule has 4 nitrogen and oxygen atoms in total. The summed E-state index contributed by atoms with van der Waals surface area (Å²) in [6.07, 6.45) is 4.77. The van der Waals surface area contributed by atoms with E-state index in [4.69, 9.17) is 0 Å². The number of aromatic nitrogens is 2. The Morgan fingerprint density at radius 3 is 2.10 bits per heavy atom. The molecule has 1 aromatic heterocycles. The quantitative estimate of drug-likeness (QED) is 0.622. The molecule has 0 amide bonds. The molecule has 0 radical (unpaired) electrons. The summed E-state index contributed by atoms with van der Waals surface area (Å²) >= 11 is 0. The van der Waals surface area contributed by atoms with E-state index < -0.39 is 0 Å². The Morgan fingerprint density at radius 1 is 0.897 bits per heavy atom. The second-order valence-electron chi connectivity index (χ2n) is 8.74. The molecule has 1 N–H and O–H groups in total. The van der Waals surface area contributed by atoms with Gasteiger partial charge < -0.3 is 5.11 Å². The van der Waals surface area contributed by atoms with Gasteiger partial charge in [-0.1, -0.05) is 57.2 Å². The summed E-state index contributed by atoms with van der Waals surface area (Å²) < 4.78 is 3.70. The average molecular weight is 393 g/mol. The minimum absolute atomic E-state index is 0.0621. The van der Waals surface area contributed by atoms with Crippen LogP contribution >= 0.6 is 0 Å². The fraction of sp³-hybridized carbons (Fsp3) is 0.400. The van der Waals surface area contributed by atoms with E-state index in [0.29, 0.717) is 18.8 Å². The lowest BCUT2D eigenvalue weighted by molar-refractivity contribution is 0.475. The molecular formula is C25H32N2O2. The maximum Gasteiger partial charge on any atom is 0.328 e. The van der Waals surface area contributed by atoms with E-state index in [0.717, 1.165) is 30.5 Å². The number of imidazole rings is 1. The summed E-state index contributed by atoms with van der Waals surface area (Å²) in [5, 5.41) is 9.40. The van der Waals surface area contributed by atoms with Crippen molar-refractivity contribution in [2.24, 2.45) is 0 Å². The van der Waals surface area contributed by atoms with Crippen LogP contribution in [-0.2, 0) is 31.3 Å². The van der Waals surface area contributed by atoms with Gasteiger partial charge in [0.15, 0.2) is 0 Å². The molecule has 0 saturated carbocycles. The smallest absolute Gasteiger partial charge is 0.328 e. The first-order chi connectivity index (χ1) is 13.8. The second-order valence-corrected chi connectivity index (χ2v) is 8.74. The Bertz CT molecular complexity index is 987. The molecular weight excluding hydrogens is 360 g/mol. The van der Waals surface area contributed by atoms with Crippen LogP contribution in [0.2, 0.25) is 0 Å². The van der Waals surface area contributed by atoms with E-state index >= 15 is 0 Å². The van der Waals surface area contributed by atoms with Crippen LogP contribution < -0.4 is 5.69 Å². The largest absolute Gasteiger partial charge is 0.508 e. The first-order valence-corrected chi connectivity index (χ1v) is 10.4. The Kier molecular flexibility index (Phi) is 6.31. The first kappa shape index (κ1) is 21.0. The van der Waals surface area contributed by atoms with Gasteiger partial charge in [-0.25, -0.2) is 4.79 Å². The topological polar surface area (TPSA) is 47.2 Å². The van der Waals surface area contributed by atoms with Gasteiger partial charge in [-0.15, -0.1) is 0 Å². The summed E-state index contributed by atoms with van der Waals surface area (Å²) in [6.45, 7) is 9.92. The van der Waals surface area contributed by atoms with Crippen molar-refractivity contribution in [2.75, 3.05) is 0 Å². The summed E-state index contributed by atoms with van der Waals surface area (Å²) in [6, 6.07) is 15.9. The second kappa shape index (κ2) is 8.73. The molecule has 0 spiro atoms. The van der Waals surface area contributed by atoms with Gasteiger partial charge in [0.25, 0.3) is 0 Å². The maximum absolute atomic E-state index is 12.8. The molecule has 3 aromatic rings. The Balaban J connectivity index is 1.70. The normalized spacial score (nSPS) is 11.7. The molecule has 29 heavy (non-hydrogen) atoms. The van der Waals surface area contributed by atoms with Crippen molar-refractivity contribution in [1.29, 1.82) is 0 Å². The number of hydrogen-bond acceptors (Lipinski definition) is 2. The van der Waals surface area contributed by atoms with Crippen LogP contribution in [0.4, 0.5) is 0 Å². The van der Waals surface area contributed by atoms with Crippen molar-refractivity contribution in [3.05, 3.63) is 87.6 Å². The standard InChI is InChI=1S/C25H32N2O2/c1-5-27-22(8-6-7-19-11-15-23(28)16-12-19)18-26(24(27)29)17-20-9-13-21(14-10-20)25(2,3)4/h9-16,18,28H,5-8,17H2,1-4H3. The highest BCUT2D eigenvalue weighted by molar-refractivity contribution is 5.28. The Morgan fingerprint density at radius 2 is 1.52 bits per heavy atom. The maximum atomic E-state index is 12.8. The van der Waals surface area contributed by atoms with Gasteiger partial charge in [-0.3, -0.25) is 9.13 Å². The zero-order valence-electron chi connectivity index (χ0n) is 18.0. The zero-order chi connectivity index (χ0) is 21.0. The summed E-state index contributed by atoms with van der Waals surface area (Å²) in [5.74, 6) is 0.293. The molecule has 3 rings (SSSR count). The monoisotopic (exact) mass is 392 g/mol. The van der Waals surface area contributed by atoms with E-state index in [9.17, 15) is 9.90 Å². The van der Waals surface area contributed by atoms with Crippen LogP contribution in [-0.4, -0.2) is 14.2 Å². The van der Waals surface area contributed by atoms with Crippen molar-refractivity contribution < 1.29 is 5.11 Å². The van der Waals surface area contributed by atoms with Gasteiger partial charge in [0.1, 0.15) is 5.75 Å². The van der Waals surface area contributed by atoms with Gasteiger partial charge in [0.2, 0.25) is 0 Å². The number of hydrogen-bond donors (Lipinski definition) is 1. The molecule has 0 aliphatic rings. The fourth-order valence-electron chi connectivity index (χ4n) is 3.68. The highest BCUT2D eigenvalue weighted by Gasteiger charge is 2.14. The number of rotatable bonds is 7. The number of benzene rings is 2. The van der Waals surface area contributed by atoms with Crippen molar-refractivity contribution in [1.82, 2.24) is 9.13 Å². The molecule has 0 unspecified atom stereocenters. The lowest BCUT2D eigenvalue weighted by atomic mass is 9.87. The summed E-state index contributed by atoms with van der Waals surface area (Å²) in [7, 11) is 0. The molecule has 0 aliphatic heterocycles. The molecule has 0 bridgehead atoms.